The van der Waals surface area contributed by atoms with Crippen LogP contribution in [0.5, 0.6) is 5.75 Å². The first-order valence-corrected chi connectivity index (χ1v) is 15.9. The molecule has 0 unspecified atom stereocenters. The van der Waals surface area contributed by atoms with Gasteiger partial charge in [0.2, 0.25) is 5.82 Å². The molecule has 0 bridgehead atoms. The van der Waals surface area contributed by atoms with Gasteiger partial charge in [0.15, 0.2) is 6.10 Å². The minimum absolute atomic E-state index is 0.0180. The number of benzene rings is 2. The highest BCUT2D eigenvalue weighted by molar-refractivity contribution is 7.52. The number of alkyl halides is 2. The van der Waals surface area contributed by atoms with Gasteiger partial charge in [0, 0.05) is 11.8 Å². The molecule has 0 amide bonds. The molecule has 1 aliphatic rings. The summed E-state index contributed by atoms with van der Waals surface area (Å²) in [6.45, 7) is 5.24. The van der Waals surface area contributed by atoms with Crippen molar-refractivity contribution in [2.45, 2.75) is 77.0 Å². The minimum atomic E-state index is -4.92. The lowest BCUT2D eigenvalue weighted by molar-refractivity contribution is -0.147. The molecule has 0 radical (unpaired) electrons. The van der Waals surface area contributed by atoms with Crippen LogP contribution >= 0.6 is 7.75 Å². The smallest absolute Gasteiger partial charge is 0.460 e. The van der Waals surface area contributed by atoms with Gasteiger partial charge in [-0.25, -0.2) is 18.1 Å². The van der Waals surface area contributed by atoms with Crippen LogP contribution in [0.1, 0.15) is 46.3 Å². The van der Waals surface area contributed by atoms with E-state index in [1.807, 2.05) is 13.8 Å². The lowest BCUT2D eigenvalue weighted by Crippen LogP contribution is -2.44. The summed E-state index contributed by atoms with van der Waals surface area (Å²) in [6, 6.07) is 10.2. The summed E-state index contributed by atoms with van der Waals surface area (Å²) in [7, 11) is -4.92. The van der Waals surface area contributed by atoms with Gasteiger partial charge in [-0.05, 0) is 24.3 Å². The van der Waals surface area contributed by atoms with E-state index >= 15 is 0 Å². The van der Waals surface area contributed by atoms with E-state index in [4.69, 9.17) is 18.5 Å². The number of aromatic amines is 1. The molecular formula is C29H35F3N3O9P. The second-order valence-electron chi connectivity index (χ2n) is 10.6. The van der Waals surface area contributed by atoms with Crippen molar-refractivity contribution < 1.29 is 46.2 Å². The fourth-order valence-electron chi connectivity index (χ4n) is 4.85. The van der Waals surface area contributed by atoms with Crippen LogP contribution in [-0.4, -0.2) is 58.0 Å². The molecule has 6 atom stereocenters. The molecule has 45 heavy (non-hydrogen) atoms. The highest BCUT2D eigenvalue weighted by Gasteiger charge is 2.49. The van der Waals surface area contributed by atoms with E-state index in [0.717, 1.165) is 12.8 Å². The van der Waals surface area contributed by atoms with Crippen LogP contribution in [0.2, 0.25) is 0 Å². The number of aliphatic hydroxyl groups is 1. The van der Waals surface area contributed by atoms with E-state index in [1.54, 1.807) is 41.4 Å². The quantitative estimate of drug-likeness (QED) is 0.169. The number of carbonyl (C=O) groups is 1. The zero-order valence-electron chi connectivity index (χ0n) is 24.7. The number of H-pyrrole nitrogens is 1. The lowest BCUT2D eigenvalue weighted by atomic mass is 10.1. The average molecular weight is 658 g/mol. The van der Waals surface area contributed by atoms with Gasteiger partial charge in [-0.15, -0.1) is 0 Å². The van der Waals surface area contributed by atoms with Crippen LogP contribution in [0.15, 0.2) is 58.3 Å². The molecule has 246 valence electrons. The van der Waals surface area contributed by atoms with Crippen molar-refractivity contribution in [2.24, 2.45) is 5.92 Å². The second-order valence-corrected chi connectivity index (χ2v) is 12.3. The summed E-state index contributed by atoms with van der Waals surface area (Å²) in [6.07, 6.45) is -9.45. The van der Waals surface area contributed by atoms with E-state index in [0.29, 0.717) is 21.5 Å². The van der Waals surface area contributed by atoms with Gasteiger partial charge in [0.05, 0.1) is 18.9 Å². The van der Waals surface area contributed by atoms with Crippen LogP contribution in [0.25, 0.3) is 10.8 Å². The minimum Gasteiger partial charge on any atom is -0.464 e. The average Bonchev–Trinajstić information content (AvgIpc) is 3.38. The number of rotatable bonds is 14. The maximum atomic E-state index is 14.6. The Kier molecular flexibility index (Phi) is 11.3. The molecule has 1 aromatic heterocycles. The Morgan fingerprint density at radius 1 is 1.18 bits per heavy atom. The maximum Gasteiger partial charge on any atom is 0.460 e. The highest BCUT2D eigenvalue weighted by Crippen LogP contribution is 2.50. The third kappa shape index (κ3) is 8.22. The van der Waals surface area contributed by atoms with Crippen molar-refractivity contribution >= 4 is 24.5 Å². The molecule has 2 heterocycles. The van der Waals surface area contributed by atoms with Crippen LogP contribution in [0.3, 0.4) is 0 Å². The molecule has 1 fully saturated rings. The standard InChI is InChI=1S/C29H35F3N3O9P/c1-4-17(5-2)15-41-28(38)16(3)34-45(40,43-22-12-8-10-18-9-6-7-11-19(18)22)44-25(26(31)32)24-21(36)13-23(42-24)35-14-20(30)27(37)33-29(35)39/h6-12,14,16-17,21,23-26,36H,4-5,13,15H2,1-3H3,(H,34,40)(H,33,37,39)/t16-,21-,23+,24-,25-,45-/m0/s1. The fraction of sp³-hybridized carbons (Fsp3) is 0.483. The van der Waals surface area contributed by atoms with Crippen molar-refractivity contribution in [3.63, 3.8) is 0 Å². The first-order valence-electron chi connectivity index (χ1n) is 14.4. The number of hydrogen-bond acceptors (Lipinski definition) is 9. The second kappa shape index (κ2) is 14.7. The zero-order chi connectivity index (χ0) is 32.9. The van der Waals surface area contributed by atoms with Crippen LogP contribution in [0.4, 0.5) is 13.2 Å². The molecule has 3 N–H and O–H groups in total. The summed E-state index contributed by atoms with van der Waals surface area (Å²) in [5.74, 6) is -2.12. The number of aliphatic hydroxyl groups excluding tert-OH is 1. The molecular weight excluding hydrogens is 622 g/mol. The van der Waals surface area contributed by atoms with Crippen molar-refractivity contribution in [3.8, 4) is 5.75 Å². The molecule has 0 spiro atoms. The molecule has 3 aromatic rings. The molecule has 0 aliphatic carbocycles. The van der Waals surface area contributed by atoms with Gasteiger partial charge < -0.3 is 19.1 Å². The number of ether oxygens (including phenoxy) is 2. The summed E-state index contributed by atoms with van der Waals surface area (Å²) in [4.78, 5) is 38.2. The van der Waals surface area contributed by atoms with Crippen LogP contribution < -0.4 is 20.9 Å². The van der Waals surface area contributed by atoms with Crippen molar-refractivity contribution in [2.75, 3.05) is 6.61 Å². The van der Waals surface area contributed by atoms with E-state index in [1.165, 1.54) is 13.0 Å². The number of aromatic nitrogens is 2. The van der Waals surface area contributed by atoms with Crippen LogP contribution in [0, 0.1) is 11.7 Å². The third-order valence-corrected chi connectivity index (χ3v) is 9.15. The monoisotopic (exact) mass is 657 g/mol. The van der Waals surface area contributed by atoms with Gasteiger partial charge in [0.1, 0.15) is 24.1 Å². The summed E-state index contributed by atoms with van der Waals surface area (Å²) in [5, 5.41) is 14.2. The predicted octanol–water partition coefficient (Wildman–Crippen LogP) is 4.27. The molecule has 16 heteroatoms. The Labute approximate surface area is 256 Å². The molecule has 12 nitrogen and oxygen atoms in total. The van der Waals surface area contributed by atoms with Crippen LogP contribution in [-0.2, 0) is 23.4 Å². The van der Waals surface area contributed by atoms with E-state index < -0.39 is 74.2 Å². The Balaban J connectivity index is 1.64. The Hall–Kier alpha value is -3.49. The zero-order valence-corrected chi connectivity index (χ0v) is 25.6. The molecule has 4 rings (SSSR count). The number of carbonyl (C=O) groups excluding carboxylic acids is 1. The highest BCUT2D eigenvalue weighted by atomic mass is 31.2. The number of hydrogen-bond donors (Lipinski definition) is 3. The largest absolute Gasteiger partial charge is 0.464 e. The van der Waals surface area contributed by atoms with Gasteiger partial charge in [-0.1, -0.05) is 63.1 Å². The number of halogens is 3. The maximum absolute atomic E-state index is 14.6. The summed E-state index contributed by atoms with van der Waals surface area (Å²) < 4.78 is 79.9. The molecule has 2 aromatic carbocycles. The lowest BCUT2D eigenvalue weighted by Gasteiger charge is -2.30. The normalized spacial score (nSPS) is 21.1. The van der Waals surface area contributed by atoms with Gasteiger partial charge in [0.25, 0.3) is 12.0 Å². The fourth-order valence-corrected chi connectivity index (χ4v) is 6.54. The summed E-state index contributed by atoms with van der Waals surface area (Å²) >= 11 is 0. The SMILES string of the molecule is CCC(CC)COC(=O)[C@H](C)N[P@](=O)(Oc1cccc2ccccc12)O[C@H](C(F)F)[C@H]1O[C@@H](n2cc(F)c(=O)[nH]c2=O)C[C@@H]1O. The first kappa shape index (κ1) is 34.4. The van der Waals surface area contributed by atoms with Gasteiger partial charge in [-0.3, -0.25) is 23.7 Å². The van der Waals surface area contributed by atoms with E-state index in [9.17, 15) is 37.2 Å². The summed E-state index contributed by atoms with van der Waals surface area (Å²) in [5.41, 5.74) is -2.41. The molecule has 1 saturated heterocycles. The number of esters is 1. The van der Waals surface area contributed by atoms with Crippen molar-refractivity contribution in [3.05, 3.63) is 75.3 Å². The number of nitrogens with zero attached hydrogens (tertiary/aromatic N) is 1. The Bertz CT molecular complexity index is 1640. The Morgan fingerprint density at radius 3 is 2.56 bits per heavy atom. The topological polar surface area (TPSA) is 158 Å². The molecule has 1 aliphatic heterocycles. The third-order valence-electron chi connectivity index (χ3n) is 7.49. The number of fused-ring (bicyclic) bond motifs is 1. The van der Waals surface area contributed by atoms with Gasteiger partial charge in [-0.2, -0.15) is 9.48 Å². The van der Waals surface area contributed by atoms with E-state index in [-0.39, 0.29) is 18.3 Å². The predicted molar refractivity (Wildman–Crippen MR) is 157 cm³/mol. The van der Waals surface area contributed by atoms with E-state index in [2.05, 4.69) is 5.09 Å². The van der Waals surface area contributed by atoms with Gasteiger partial charge >= 0.3 is 19.4 Å². The Morgan fingerprint density at radius 2 is 1.87 bits per heavy atom. The van der Waals surface area contributed by atoms with Crippen molar-refractivity contribution in [1.29, 1.82) is 0 Å². The molecule has 0 saturated carbocycles. The first-order chi connectivity index (χ1) is 21.4. The number of nitrogens with one attached hydrogen (secondary N) is 2. The van der Waals surface area contributed by atoms with Crippen molar-refractivity contribution in [1.82, 2.24) is 14.6 Å².